The summed E-state index contributed by atoms with van der Waals surface area (Å²) in [6.45, 7) is 2.27. The van der Waals surface area contributed by atoms with Crippen LogP contribution in [0.1, 0.15) is 51.1 Å². The van der Waals surface area contributed by atoms with Crippen LogP contribution in [0.2, 0.25) is 0 Å². The van der Waals surface area contributed by atoms with Gasteiger partial charge >= 0.3 is 0 Å². The maximum atomic E-state index is 4.72. The molecule has 0 aliphatic rings. The quantitative estimate of drug-likeness (QED) is 0.371. The third-order valence-corrected chi connectivity index (χ3v) is 4.93. The number of hydrogen-bond donors (Lipinski definition) is 0. The summed E-state index contributed by atoms with van der Waals surface area (Å²) in [5.74, 6) is 0. The molecule has 0 N–H and O–H groups in total. The number of rotatable bonds is 9. The fraction of sp³-hybridized carbons (Fsp3) is 0.320. The highest BCUT2D eigenvalue weighted by atomic mass is 14.7. The smallest absolute Gasteiger partial charge is 0.0404 e. The Morgan fingerprint density at radius 2 is 1.27 bits per heavy atom. The first-order valence-electron chi connectivity index (χ1n) is 9.98. The van der Waals surface area contributed by atoms with E-state index in [-0.39, 0.29) is 0 Å². The highest BCUT2D eigenvalue weighted by Crippen LogP contribution is 2.31. The molecule has 0 saturated heterocycles. The van der Waals surface area contributed by atoms with E-state index >= 15 is 0 Å². The van der Waals surface area contributed by atoms with Gasteiger partial charge in [0.1, 0.15) is 0 Å². The Kier molecular flexibility index (Phi) is 7.01. The lowest BCUT2D eigenvalue weighted by atomic mass is 9.95. The van der Waals surface area contributed by atoms with Crippen LogP contribution in [0.25, 0.3) is 22.3 Å². The van der Waals surface area contributed by atoms with Crippen LogP contribution in [-0.4, -0.2) is 4.98 Å². The van der Waals surface area contributed by atoms with Crippen molar-refractivity contribution in [2.75, 3.05) is 0 Å². The first-order chi connectivity index (χ1) is 12.9. The monoisotopic (exact) mass is 343 g/mol. The summed E-state index contributed by atoms with van der Waals surface area (Å²) in [4.78, 5) is 4.72. The molecule has 3 aromatic rings. The van der Waals surface area contributed by atoms with E-state index in [0.717, 1.165) is 6.42 Å². The molecule has 2 aromatic carbocycles. The summed E-state index contributed by atoms with van der Waals surface area (Å²) < 4.78 is 0. The largest absolute Gasteiger partial charge is 0.261 e. The predicted molar refractivity (Wildman–Crippen MR) is 112 cm³/mol. The van der Waals surface area contributed by atoms with Crippen molar-refractivity contribution >= 4 is 0 Å². The van der Waals surface area contributed by atoms with Crippen molar-refractivity contribution in [1.29, 1.82) is 0 Å². The fourth-order valence-corrected chi connectivity index (χ4v) is 3.42. The van der Waals surface area contributed by atoms with Crippen LogP contribution in [0.3, 0.4) is 0 Å². The van der Waals surface area contributed by atoms with E-state index in [4.69, 9.17) is 4.98 Å². The molecule has 0 amide bonds. The average molecular weight is 344 g/mol. The molecule has 0 fully saturated rings. The van der Waals surface area contributed by atoms with Gasteiger partial charge in [0.15, 0.2) is 0 Å². The van der Waals surface area contributed by atoms with E-state index in [1.165, 1.54) is 66.5 Å². The second-order valence-electron chi connectivity index (χ2n) is 6.97. The maximum Gasteiger partial charge on any atom is 0.0404 e. The van der Waals surface area contributed by atoms with Crippen LogP contribution in [0.4, 0.5) is 0 Å². The topological polar surface area (TPSA) is 12.9 Å². The molecule has 134 valence electrons. The zero-order valence-electron chi connectivity index (χ0n) is 15.8. The summed E-state index contributed by atoms with van der Waals surface area (Å²) in [6.07, 6.45) is 11.1. The van der Waals surface area contributed by atoms with Crippen LogP contribution in [0.15, 0.2) is 72.9 Å². The summed E-state index contributed by atoms with van der Waals surface area (Å²) >= 11 is 0. The molecule has 0 spiro atoms. The third kappa shape index (κ3) is 5.05. The number of aromatic nitrogens is 1. The number of benzene rings is 2. The second-order valence-corrected chi connectivity index (χ2v) is 6.97. The van der Waals surface area contributed by atoms with Crippen molar-refractivity contribution in [3.05, 3.63) is 78.6 Å². The standard InChI is InChI=1S/C25H29N/c1-2-3-4-5-6-10-15-23-19-18-22(20-26-23)25-17-12-11-16-24(25)21-13-8-7-9-14-21/h7-9,11-14,16-20H,2-6,10,15H2,1H3. The fourth-order valence-electron chi connectivity index (χ4n) is 3.42. The van der Waals surface area contributed by atoms with Gasteiger partial charge in [-0.1, -0.05) is 99.7 Å². The van der Waals surface area contributed by atoms with Crippen molar-refractivity contribution in [2.24, 2.45) is 0 Å². The first-order valence-corrected chi connectivity index (χ1v) is 9.98. The van der Waals surface area contributed by atoms with Gasteiger partial charge in [-0.3, -0.25) is 4.98 Å². The van der Waals surface area contributed by atoms with E-state index in [1.807, 2.05) is 6.20 Å². The predicted octanol–water partition coefficient (Wildman–Crippen LogP) is 7.32. The van der Waals surface area contributed by atoms with Crippen molar-refractivity contribution in [1.82, 2.24) is 4.98 Å². The minimum atomic E-state index is 1.09. The zero-order valence-corrected chi connectivity index (χ0v) is 15.8. The lowest BCUT2D eigenvalue weighted by Gasteiger charge is -2.10. The van der Waals surface area contributed by atoms with Gasteiger partial charge in [-0.05, 0) is 35.6 Å². The van der Waals surface area contributed by atoms with Crippen LogP contribution >= 0.6 is 0 Å². The third-order valence-electron chi connectivity index (χ3n) is 4.93. The lowest BCUT2D eigenvalue weighted by Crippen LogP contribution is -1.92. The normalized spacial score (nSPS) is 10.8. The molecule has 0 radical (unpaired) electrons. The molecular weight excluding hydrogens is 314 g/mol. The first kappa shape index (κ1) is 18.4. The van der Waals surface area contributed by atoms with Crippen LogP contribution in [0.5, 0.6) is 0 Å². The van der Waals surface area contributed by atoms with E-state index in [1.54, 1.807) is 0 Å². The van der Waals surface area contributed by atoms with Crippen LogP contribution in [0, 0.1) is 0 Å². The maximum absolute atomic E-state index is 4.72. The Labute approximate surface area is 158 Å². The molecule has 0 atom stereocenters. The van der Waals surface area contributed by atoms with E-state index in [0.29, 0.717) is 0 Å². The van der Waals surface area contributed by atoms with Crippen LogP contribution in [-0.2, 0) is 6.42 Å². The Balaban J connectivity index is 1.66. The van der Waals surface area contributed by atoms with Gasteiger partial charge in [-0.15, -0.1) is 0 Å². The van der Waals surface area contributed by atoms with Gasteiger partial charge in [0.2, 0.25) is 0 Å². The van der Waals surface area contributed by atoms with Crippen molar-refractivity contribution < 1.29 is 0 Å². The minimum Gasteiger partial charge on any atom is -0.261 e. The van der Waals surface area contributed by atoms with Gasteiger partial charge in [0, 0.05) is 17.5 Å². The van der Waals surface area contributed by atoms with Crippen molar-refractivity contribution in [2.45, 2.75) is 51.9 Å². The van der Waals surface area contributed by atoms with Crippen LogP contribution < -0.4 is 0 Å². The molecule has 0 saturated carbocycles. The van der Waals surface area contributed by atoms with Crippen molar-refractivity contribution in [3.8, 4) is 22.3 Å². The minimum absolute atomic E-state index is 1.09. The molecular formula is C25H29N. The molecule has 0 aliphatic carbocycles. The van der Waals surface area contributed by atoms with Crippen molar-refractivity contribution in [3.63, 3.8) is 0 Å². The second kappa shape index (κ2) is 9.91. The summed E-state index contributed by atoms with van der Waals surface area (Å²) in [7, 11) is 0. The Morgan fingerprint density at radius 3 is 1.96 bits per heavy atom. The average Bonchev–Trinajstić information content (AvgIpc) is 2.72. The number of hydrogen-bond acceptors (Lipinski definition) is 1. The molecule has 3 rings (SSSR count). The summed E-state index contributed by atoms with van der Waals surface area (Å²) in [5, 5.41) is 0. The number of pyridine rings is 1. The highest BCUT2D eigenvalue weighted by Gasteiger charge is 2.07. The number of unbranched alkanes of at least 4 members (excludes halogenated alkanes) is 5. The van der Waals surface area contributed by atoms with Gasteiger partial charge in [0.05, 0.1) is 0 Å². The SMILES string of the molecule is CCCCCCCCc1ccc(-c2ccccc2-c2ccccc2)cn1. The molecule has 1 aromatic heterocycles. The summed E-state index contributed by atoms with van der Waals surface area (Å²) in [5.41, 5.74) is 6.16. The number of nitrogens with zero attached hydrogens (tertiary/aromatic N) is 1. The Hall–Kier alpha value is -2.41. The molecule has 1 heterocycles. The van der Waals surface area contributed by atoms with Gasteiger partial charge in [-0.2, -0.15) is 0 Å². The molecule has 26 heavy (non-hydrogen) atoms. The molecule has 0 bridgehead atoms. The Morgan fingerprint density at radius 1 is 0.615 bits per heavy atom. The van der Waals surface area contributed by atoms with Gasteiger partial charge < -0.3 is 0 Å². The zero-order chi connectivity index (χ0) is 18.0. The molecule has 0 aliphatic heterocycles. The Bertz CT molecular complexity index is 775. The molecule has 1 heteroatoms. The van der Waals surface area contributed by atoms with E-state index < -0.39 is 0 Å². The molecule has 1 nitrogen and oxygen atoms in total. The van der Waals surface area contributed by atoms with Gasteiger partial charge in [-0.25, -0.2) is 0 Å². The number of aryl methyl sites for hydroxylation is 1. The van der Waals surface area contributed by atoms with Gasteiger partial charge in [0.25, 0.3) is 0 Å². The van der Waals surface area contributed by atoms with E-state index in [9.17, 15) is 0 Å². The highest BCUT2D eigenvalue weighted by molar-refractivity contribution is 5.83. The lowest BCUT2D eigenvalue weighted by molar-refractivity contribution is 0.605. The summed E-state index contributed by atoms with van der Waals surface area (Å²) in [6, 6.07) is 23.6. The van der Waals surface area contributed by atoms with E-state index in [2.05, 4.69) is 73.7 Å². The molecule has 0 unspecified atom stereocenters.